The molecule has 1 fully saturated rings. The molecule has 0 unspecified atom stereocenters. The first-order valence-electron chi connectivity index (χ1n) is 10.5. The molecule has 1 amide bonds. The van der Waals surface area contributed by atoms with E-state index >= 15 is 0 Å². The second kappa shape index (κ2) is 8.98. The Kier molecular flexibility index (Phi) is 5.84. The number of hydrogen-bond acceptors (Lipinski definition) is 9. The number of alkyl halides is 2. The molecule has 1 saturated carbocycles. The second-order valence-electron chi connectivity index (χ2n) is 7.91. The van der Waals surface area contributed by atoms with Gasteiger partial charge in [-0.1, -0.05) is 11.6 Å². The van der Waals surface area contributed by atoms with Crippen LogP contribution in [0.5, 0.6) is 5.75 Å². The van der Waals surface area contributed by atoms with E-state index in [9.17, 15) is 13.6 Å². The average molecular weight is 502 g/mol. The Morgan fingerprint density at radius 2 is 1.97 bits per heavy atom. The van der Waals surface area contributed by atoms with Gasteiger partial charge < -0.3 is 15.8 Å². The van der Waals surface area contributed by atoms with Gasteiger partial charge in [0.25, 0.3) is 5.91 Å². The summed E-state index contributed by atoms with van der Waals surface area (Å²) in [6, 6.07) is 3.75. The van der Waals surface area contributed by atoms with Crippen LogP contribution in [-0.4, -0.2) is 47.2 Å². The Labute approximate surface area is 201 Å². The van der Waals surface area contributed by atoms with Gasteiger partial charge in [0.15, 0.2) is 23.2 Å². The highest BCUT2D eigenvalue weighted by Gasteiger charge is 2.31. The molecule has 5 rings (SSSR count). The number of hydrogen-bond donors (Lipinski definition) is 2. The van der Waals surface area contributed by atoms with Gasteiger partial charge in [0.2, 0.25) is 0 Å². The number of carbonyl (C=O) groups is 1. The summed E-state index contributed by atoms with van der Waals surface area (Å²) in [5.74, 6) is 1.16. The minimum absolute atomic E-state index is 0.0352. The topological polar surface area (TPSA) is 147 Å². The molecule has 11 nitrogen and oxygen atoms in total. The first-order valence-corrected chi connectivity index (χ1v) is 10.9. The number of fused-ring (bicyclic) bond motifs is 1. The molecule has 180 valence electrons. The van der Waals surface area contributed by atoms with E-state index in [4.69, 9.17) is 22.3 Å². The minimum atomic E-state index is -3.04. The fourth-order valence-corrected chi connectivity index (χ4v) is 3.78. The van der Waals surface area contributed by atoms with Crippen LogP contribution in [0.1, 0.15) is 53.9 Å². The van der Waals surface area contributed by atoms with Gasteiger partial charge in [-0.05, 0) is 25.8 Å². The Bertz CT molecular complexity index is 1430. The van der Waals surface area contributed by atoms with Crippen LogP contribution in [0.2, 0.25) is 5.02 Å². The van der Waals surface area contributed by atoms with Crippen molar-refractivity contribution >= 4 is 34.2 Å². The van der Waals surface area contributed by atoms with Gasteiger partial charge in [-0.2, -0.15) is 13.5 Å². The van der Waals surface area contributed by atoms with Crippen molar-refractivity contribution in [1.82, 2.24) is 34.7 Å². The van der Waals surface area contributed by atoms with Crippen molar-refractivity contribution in [2.24, 2.45) is 5.73 Å². The van der Waals surface area contributed by atoms with Crippen LogP contribution in [0.3, 0.4) is 0 Å². The normalized spacial score (nSPS) is 14.3. The van der Waals surface area contributed by atoms with Gasteiger partial charge in [-0.3, -0.25) is 4.79 Å². The average Bonchev–Trinajstić information content (AvgIpc) is 3.57. The van der Waals surface area contributed by atoms with E-state index in [1.807, 2.05) is 6.92 Å². The van der Waals surface area contributed by atoms with E-state index in [0.717, 1.165) is 12.8 Å². The fourth-order valence-electron chi connectivity index (χ4n) is 3.57. The van der Waals surface area contributed by atoms with Gasteiger partial charge in [0.1, 0.15) is 29.7 Å². The third kappa shape index (κ3) is 4.67. The monoisotopic (exact) mass is 501 g/mol. The van der Waals surface area contributed by atoms with Crippen LogP contribution in [0, 0.1) is 0 Å². The van der Waals surface area contributed by atoms with E-state index in [-0.39, 0.29) is 27.9 Å². The first kappa shape index (κ1) is 22.8. The highest BCUT2D eigenvalue weighted by molar-refractivity contribution is 6.31. The maximum absolute atomic E-state index is 12.9. The smallest absolute Gasteiger partial charge is 0.387 e. The zero-order valence-corrected chi connectivity index (χ0v) is 18.9. The van der Waals surface area contributed by atoms with Crippen LogP contribution >= 0.6 is 11.6 Å². The van der Waals surface area contributed by atoms with Gasteiger partial charge in [0.05, 0.1) is 6.04 Å². The lowest BCUT2D eigenvalue weighted by molar-refractivity contribution is -0.0489. The largest absolute Gasteiger partial charge is 0.432 e. The molecule has 1 atom stereocenters. The molecule has 35 heavy (non-hydrogen) atoms. The number of anilines is 1. The SMILES string of the molecule is C[C@H](Nc1ncnc2c(OC(F)F)cc(Cl)cc12)c1nc(C2CC2)nn1-c1cc(C(N)=O)ncn1. The lowest BCUT2D eigenvalue weighted by atomic mass is 10.2. The third-order valence-corrected chi connectivity index (χ3v) is 5.56. The van der Waals surface area contributed by atoms with Gasteiger partial charge in [-0.25, -0.2) is 24.9 Å². The second-order valence-corrected chi connectivity index (χ2v) is 8.34. The number of nitrogens with zero attached hydrogens (tertiary/aromatic N) is 7. The van der Waals surface area contributed by atoms with Crippen LogP contribution in [0.4, 0.5) is 14.6 Å². The Hall–Kier alpha value is -4.00. The van der Waals surface area contributed by atoms with Crippen LogP contribution < -0.4 is 15.8 Å². The Balaban J connectivity index is 1.54. The van der Waals surface area contributed by atoms with Crippen molar-refractivity contribution in [2.45, 2.75) is 38.3 Å². The van der Waals surface area contributed by atoms with E-state index in [0.29, 0.717) is 28.7 Å². The van der Waals surface area contributed by atoms with Gasteiger partial charge >= 0.3 is 6.61 Å². The summed E-state index contributed by atoms with van der Waals surface area (Å²) in [5.41, 5.74) is 5.57. The predicted molar refractivity (Wildman–Crippen MR) is 121 cm³/mol. The van der Waals surface area contributed by atoms with Crippen molar-refractivity contribution < 1.29 is 18.3 Å². The number of ether oxygens (including phenoxy) is 1. The minimum Gasteiger partial charge on any atom is -0.432 e. The molecule has 0 bridgehead atoms. The molecule has 4 aromatic rings. The zero-order chi connectivity index (χ0) is 24.7. The summed E-state index contributed by atoms with van der Waals surface area (Å²) in [6.07, 6.45) is 4.40. The summed E-state index contributed by atoms with van der Waals surface area (Å²) in [4.78, 5) is 32.7. The lowest BCUT2D eigenvalue weighted by Gasteiger charge is -2.17. The van der Waals surface area contributed by atoms with Crippen molar-refractivity contribution in [1.29, 1.82) is 0 Å². The van der Waals surface area contributed by atoms with Crippen molar-refractivity contribution in [3.8, 4) is 11.6 Å². The number of rotatable bonds is 8. The molecule has 14 heteroatoms. The molecular formula is C21H18ClF2N9O2. The molecule has 0 radical (unpaired) electrons. The van der Waals surface area contributed by atoms with Gasteiger partial charge in [-0.15, -0.1) is 5.10 Å². The van der Waals surface area contributed by atoms with E-state index in [2.05, 4.69) is 35.1 Å². The maximum Gasteiger partial charge on any atom is 0.387 e. The summed E-state index contributed by atoms with van der Waals surface area (Å²) < 4.78 is 31.9. The lowest BCUT2D eigenvalue weighted by Crippen LogP contribution is -2.17. The summed E-state index contributed by atoms with van der Waals surface area (Å²) in [7, 11) is 0. The van der Waals surface area contributed by atoms with Gasteiger partial charge in [0, 0.05) is 28.5 Å². The van der Waals surface area contributed by atoms with Crippen LogP contribution in [0.25, 0.3) is 16.7 Å². The van der Waals surface area contributed by atoms with Crippen molar-refractivity contribution in [3.63, 3.8) is 0 Å². The Morgan fingerprint density at radius 3 is 2.69 bits per heavy atom. The predicted octanol–water partition coefficient (Wildman–Crippen LogP) is 3.40. The molecule has 1 aliphatic carbocycles. The molecule has 0 saturated heterocycles. The molecular weight excluding hydrogens is 484 g/mol. The van der Waals surface area contributed by atoms with Crippen LogP contribution in [-0.2, 0) is 0 Å². The van der Waals surface area contributed by atoms with E-state index in [1.165, 1.54) is 29.5 Å². The number of nitrogens with two attached hydrogens (primary N) is 1. The zero-order valence-electron chi connectivity index (χ0n) is 18.2. The fraction of sp³-hybridized carbons (Fsp3) is 0.286. The molecule has 1 aromatic carbocycles. The summed E-state index contributed by atoms with van der Waals surface area (Å²) >= 11 is 6.14. The van der Waals surface area contributed by atoms with E-state index in [1.54, 1.807) is 6.07 Å². The number of carbonyl (C=O) groups excluding carboxylic acids is 1. The number of amides is 1. The summed E-state index contributed by atoms with van der Waals surface area (Å²) in [6.45, 7) is -1.22. The number of aromatic nitrogens is 7. The number of primary amides is 1. The maximum atomic E-state index is 12.9. The summed E-state index contributed by atoms with van der Waals surface area (Å²) in [5, 5.41) is 8.37. The third-order valence-electron chi connectivity index (χ3n) is 5.34. The first-order chi connectivity index (χ1) is 16.8. The molecule has 3 N–H and O–H groups in total. The Morgan fingerprint density at radius 1 is 1.20 bits per heavy atom. The highest BCUT2D eigenvalue weighted by atomic mass is 35.5. The number of benzene rings is 1. The van der Waals surface area contributed by atoms with Crippen LogP contribution in [0.15, 0.2) is 30.9 Å². The number of halogens is 3. The van der Waals surface area contributed by atoms with Crippen molar-refractivity contribution in [2.75, 3.05) is 5.32 Å². The molecule has 3 heterocycles. The van der Waals surface area contributed by atoms with Crippen molar-refractivity contribution in [3.05, 3.63) is 53.2 Å². The molecule has 0 spiro atoms. The number of nitrogens with one attached hydrogen (secondary N) is 1. The molecule has 3 aromatic heterocycles. The molecule has 1 aliphatic rings. The van der Waals surface area contributed by atoms with E-state index < -0.39 is 18.6 Å². The molecule has 0 aliphatic heterocycles. The quantitative estimate of drug-likeness (QED) is 0.370. The standard InChI is InChI=1S/C21H18ClF2N9O2/c1-9(30-19-12-4-11(22)5-14(35-21(23)24)16(12)28-8-29-19)20-31-18(10-2-3-10)32-33(20)15-6-13(17(25)34)26-7-27-15/h4-10,21H,2-3H2,1H3,(H2,25,34)(H,28,29,30)/t9-/m0/s1. The highest BCUT2D eigenvalue weighted by Crippen LogP contribution is 2.39.